The monoisotopic (exact) mass is 257 g/mol. The first kappa shape index (κ1) is 13.4. The number of hydrogen-bond donors (Lipinski definition) is 2. The highest BCUT2D eigenvalue weighted by Gasteiger charge is 1.97. The topological polar surface area (TPSA) is 55.5 Å². The molecule has 0 radical (unpaired) electrons. The molecule has 0 aliphatic heterocycles. The third-order valence-electron chi connectivity index (χ3n) is 2.94. The van der Waals surface area contributed by atoms with Crippen molar-refractivity contribution in [2.24, 2.45) is 0 Å². The highest BCUT2D eigenvalue weighted by Crippen LogP contribution is 2.13. The van der Waals surface area contributed by atoms with Gasteiger partial charge in [-0.15, -0.1) is 0 Å². The molecule has 2 aromatic rings. The Balaban J connectivity index is 1.74. The second kappa shape index (κ2) is 6.81. The van der Waals surface area contributed by atoms with Crippen molar-refractivity contribution in [2.75, 3.05) is 12.3 Å². The molecule has 0 fully saturated rings. The van der Waals surface area contributed by atoms with Crippen molar-refractivity contribution in [3.63, 3.8) is 0 Å². The third kappa shape index (κ3) is 4.30. The van der Waals surface area contributed by atoms with E-state index in [1.807, 2.05) is 42.5 Å². The maximum Gasteiger partial charge on any atom is 0.119 e. The van der Waals surface area contributed by atoms with Gasteiger partial charge in [0.25, 0.3) is 0 Å². The lowest BCUT2D eigenvalue weighted by Crippen LogP contribution is -2.00. The number of rotatable bonds is 6. The standard InChI is InChI=1S/C16H19NO2/c17-15-5-1-3-13(11-15)4-2-10-19-16-8-6-14(12-18)7-9-16/h1,3,5-9,11,18H,2,4,10,12,17H2. The molecular formula is C16H19NO2. The van der Waals surface area contributed by atoms with E-state index >= 15 is 0 Å². The molecular weight excluding hydrogens is 238 g/mol. The fraction of sp³-hybridized carbons (Fsp3) is 0.250. The van der Waals surface area contributed by atoms with Gasteiger partial charge in [-0.3, -0.25) is 0 Å². The zero-order chi connectivity index (χ0) is 13.5. The van der Waals surface area contributed by atoms with Crippen LogP contribution in [0.15, 0.2) is 48.5 Å². The highest BCUT2D eigenvalue weighted by molar-refractivity contribution is 5.40. The second-order valence-corrected chi connectivity index (χ2v) is 4.50. The van der Waals surface area contributed by atoms with Crippen LogP contribution in [0.25, 0.3) is 0 Å². The molecule has 0 saturated heterocycles. The van der Waals surface area contributed by atoms with Crippen LogP contribution in [0.4, 0.5) is 5.69 Å². The minimum Gasteiger partial charge on any atom is -0.494 e. The summed E-state index contributed by atoms with van der Waals surface area (Å²) in [5.74, 6) is 0.838. The fourth-order valence-corrected chi connectivity index (χ4v) is 1.91. The van der Waals surface area contributed by atoms with Crippen LogP contribution in [0, 0.1) is 0 Å². The molecule has 19 heavy (non-hydrogen) atoms. The summed E-state index contributed by atoms with van der Waals surface area (Å²) in [4.78, 5) is 0. The Bertz CT molecular complexity index is 508. The predicted octanol–water partition coefficient (Wildman–Crippen LogP) is 2.77. The molecule has 0 amide bonds. The lowest BCUT2D eigenvalue weighted by Gasteiger charge is -2.07. The van der Waals surface area contributed by atoms with Crippen LogP contribution in [-0.2, 0) is 13.0 Å². The summed E-state index contributed by atoms with van der Waals surface area (Å²) in [5, 5.41) is 8.94. The van der Waals surface area contributed by atoms with Crippen molar-refractivity contribution in [3.05, 3.63) is 59.7 Å². The zero-order valence-electron chi connectivity index (χ0n) is 10.9. The van der Waals surface area contributed by atoms with Gasteiger partial charge in [-0.1, -0.05) is 24.3 Å². The third-order valence-corrected chi connectivity index (χ3v) is 2.94. The first-order chi connectivity index (χ1) is 9.28. The highest BCUT2D eigenvalue weighted by atomic mass is 16.5. The number of benzene rings is 2. The van der Waals surface area contributed by atoms with E-state index in [0.717, 1.165) is 29.8 Å². The Hall–Kier alpha value is -2.00. The van der Waals surface area contributed by atoms with E-state index in [1.165, 1.54) is 5.56 Å². The van der Waals surface area contributed by atoms with Gasteiger partial charge in [0.1, 0.15) is 5.75 Å². The van der Waals surface area contributed by atoms with Gasteiger partial charge in [0.15, 0.2) is 0 Å². The maximum absolute atomic E-state index is 8.94. The molecule has 0 aliphatic rings. The summed E-state index contributed by atoms with van der Waals surface area (Å²) in [6, 6.07) is 15.4. The first-order valence-corrected chi connectivity index (χ1v) is 6.45. The second-order valence-electron chi connectivity index (χ2n) is 4.50. The van der Waals surface area contributed by atoms with Crippen LogP contribution in [-0.4, -0.2) is 11.7 Å². The van der Waals surface area contributed by atoms with E-state index in [1.54, 1.807) is 0 Å². The summed E-state index contributed by atoms with van der Waals surface area (Å²) in [6.07, 6.45) is 1.91. The van der Waals surface area contributed by atoms with Crippen LogP contribution in [0.2, 0.25) is 0 Å². The summed E-state index contributed by atoms with van der Waals surface area (Å²) < 4.78 is 5.64. The molecule has 0 aromatic heterocycles. The van der Waals surface area contributed by atoms with Crippen LogP contribution < -0.4 is 10.5 Å². The average Bonchev–Trinajstić information content (AvgIpc) is 2.44. The van der Waals surface area contributed by atoms with Crippen LogP contribution in [0.3, 0.4) is 0 Å². The normalized spacial score (nSPS) is 10.4. The van der Waals surface area contributed by atoms with E-state index in [2.05, 4.69) is 6.07 Å². The molecule has 100 valence electrons. The molecule has 0 bridgehead atoms. The smallest absolute Gasteiger partial charge is 0.119 e. The number of nitrogen functional groups attached to an aromatic ring is 1. The van der Waals surface area contributed by atoms with Crippen LogP contribution in [0.1, 0.15) is 17.5 Å². The molecule has 2 rings (SSSR count). The number of aliphatic hydroxyl groups excluding tert-OH is 1. The molecule has 2 aromatic carbocycles. The first-order valence-electron chi connectivity index (χ1n) is 6.45. The average molecular weight is 257 g/mol. The van der Waals surface area contributed by atoms with Crippen molar-refractivity contribution < 1.29 is 9.84 Å². The van der Waals surface area contributed by atoms with Gasteiger partial charge in [0.2, 0.25) is 0 Å². The number of nitrogens with two attached hydrogens (primary N) is 1. The number of hydrogen-bond acceptors (Lipinski definition) is 3. The number of ether oxygens (including phenoxy) is 1. The molecule has 0 heterocycles. The Morgan fingerprint density at radius 1 is 1.00 bits per heavy atom. The van der Waals surface area contributed by atoms with E-state index in [0.29, 0.717) is 6.61 Å². The minimum atomic E-state index is 0.0652. The van der Waals surface area contributed by atoms with Crippen molar-refractivity contribution in [1.82, 2.24) is 0 Å². The zero-order valence-corrected chi connectivity index (χ0v) is 10.9. The van der Waals surface area contributed by atoms with E-state index in [4.69, 9.17) is 15.6 Å². The van der Waals surface area contributed by atoms with Crippen LogP contribution >= 0.6 is 0 Å². The molecule has 3 nitrogen and oxygen atoms in total. The quantitative estimate of drug-likeness (QED) is 0.618. The minimum absolute atomic E-state index is 0.0652. The Kier molecular flexibility index (Phi) is 4.81. The van der Waals surface area contributed by atoms with Gasteiger partial charge in [0, 0.05) is 5.69 Å². The summed E-state index contributed by atoms with van der Waals surface area (Å²) in [5.41, 5.74) is 8.66. The van der Waals surface area contributed by atoms with Crippen molar-refractivity contribution in [1.29, 1.82) is 0 Å². The van der Waals surface area contributed by atoms with E-state index in [-0.39, 0.29) is 6.61 Å². The van der Waals surface area contributed by atoms with Gasteiger partial charge in [-0.05, 0) is 48.2 Å². The Labute approximate surface area is 113 Å². The van der Waals surface area contributed by atoms with E-state index < -0.39 is 0 Å². The fourth-order valence-electron chi connectivity index (χ4n) is 1.91. The maximum atomic E-state index is 8.94. The number of anilines is 1. The molecule has 0 unspecified atom stereocenters. The largest absolute Gasteiger partial charge is 0.494 e. The van der Waals surface area contributed by atoms with Gasteiger partial charge < -0.3 is 15.6 Å². The number of aliphatic hydroxyl groups is 1. The SMILES string of the molecule is Nc1cccc(CCCOc2ccc(CO)cc2)c1. The van der Waals surface area contributed by atoms with Crippen molar-refractivity contribution in [2.45, 2.75) is 19.4 Å². The molecule has 3 N–H and O–H groups in total. The summed E-state index contributed by atoms with van der Waals surface area (Å²) >= 11 is 0. The summed E-state index contributed by atoms with van der Waals surface area (Å²) in [7, 11) is 0. The van der Waals surface area contributed by atoms with E-state index in [9.17, 15) is 0 Å². The van der Waals surface area contributed by atoms with Crippen LogP contribution in [0.5, 0.6) is 5.75 Å². The number of aryl methyl sites for hydroxylation is 1. The van der Waals surface area contributed by atoms with Gasteiger partial charge in [-0.2, -0.15) is 0 Å². The predicted molar refractivity (Wildman–Crippen MR) is 77.0 cm³/mol. The van der Waals surface area contributed by atoms with Crippen molar-refractivity contribution >= 4 is 5.69 Å². The van der Waals surface area contributed by atoms with Crippen molar-refractivity contribution in [3.8, 4) is 5.75 Å². The molecule has 0 aliphatic carbocycles. The molecule has 0 atom stereocenters. The molecule has 3 heteroatoms. The summed E-state index contributed by atoms with van der Waals surface area (Å²) in [6.45, 7) is 0.739. The lowest BCUT2D eigenvalue weighted by molar-refractivity contribution is 0.281. The molecule has 0 spiro atoms. The Morgan fingerprint density at radius 3 is 2.47 bits per heavy atom. The lowest BCUT2D eigenvalue weighted by atomic mass is 10.1. The van der Waals surface area contributed by atoms with Gasteiger partial charge >= 0.3 is 0 Å². The molecule has 0 saturated carbocycles. The van der Waals surface area contributed by atoms with Gasteiger partial charge in [-0.25, -0.2) is 0 Å². The van der Waals surface area contributed by atoms with Gasteiger partial charge in [0.05, 0.1) is 13.2 Å². The Morgan fingerprint density at radius 2 is 1.79 bits per heavy atom.